The Morgan fingerprint density at radius 2 is 1.48 bits per heavy atom. The van der Waals surface area contributed by atoms with Crippen molar-refractivity contribution in [3.05, 3.63) is 87.8 Å². The smallest absolute Gasteiger partial charge is 0.251 e. The summed E-state index contributed by atoms with van der Waals surface area (Å²) in [5, 5.41) is 17.9. The van der Waals surface area contributed by atoms with Crippen molar-refractivity contribution in [1.82, 2.24) is 45.1 Å². The Hall–Kier alpha value is -4.67. The number of hydrogen-bond donors (Lipinski definition) is 3. The molecule has 16 heteroatoms. The highest BCUT2D eigenvalue weighted by molar-refractivity contribution is 6.30. The van der Waals surface area contributed by atoms with Crippen molar-refractivity contribution in [2.75, 3.05) is 103 Å². The van der Waals surface area contributed by atoms with Crippen LogP contribution < -0.4 is 15.5 Å². The summed E-state index contributed by atoms with van der Waals surface area (Å²) in [6.45, 7) is 13.4. The second-order valence-corrected chi connectivity index (χ2v) is 23.0. The number of nitrogens with one attached hydrogen (secondary N) is 2. The zero-order valence-corrected chi connectivity index (χ0v) is 43.9. The number of aromatic nitrogens is 2. The first-order valence-electron chi connectivity index (χ1n) is 28.0. The van der Waals surface area contributed by atoms with E-state index in [1.807, 2.05) is 57.2 Å². The van der Waals surface area contributed by atoms with Crippen LogP contribution in [0.15, 0.2) is 54.9 Å². The van der Waals surface area contributed by atoms with E-state index in [0.29, 0.717) is 81.3 Å². The molecule has 394 valence electrons. The van der Waals surface area contributed by atoms with Crippen LogP contribution in [-0.2, 0) is 14.4 Å². The highest BCUT2D eigenvalue weighted by atomic mass is 35.5. The summed E-state index contributed by atoms with van der Waals surface area (Å²) in [7, 11) is 0. The monoisotopic (exact) mass is 1020 g/mol. The number of benzene rings is 2. The molecule has 15 nitrogen and oxygen atoms in total. The van der Waals surface area contributed by atoms with E-state index in [-0.39, 0.29) is 47.3 Å². The number of anilines is 1. The van der Waals surface area contributed by atoms with Crippen molar-refractivity contribution in [3.8, 4) is 0 Å². The average molecular weight is 1020 g/mol. The summed E-state index contributed by atoms with van der Waals surface area (Å²) in [5.41, 5.74) is 4.46. The molecule has 5 heterocycles. The van der Waals surface area contributed by atoms with Gasteiger partial charge in [0.15, 0.2) is 0 Å². The molecule has 7 aliphatic rings. The van der Waals surface area contributed by atoms with Gasteiger partial charge in [0.2, 0.25) is 17.7 Å². The summed E-state index contributed by atoms with van der Waals surface area (Å²) in [6.07, 6.45) is 14.1. The van der Waals surface area contributed by atoms with Gasteiger partial charge < -0.3 is 40.2 Å². The molecule has 6 fully saturated rings. The number of carbonyl (C=O) groups excluding carboxylic acids is 4. The maximum Gasteiger partial charge on any atom is 0.251 e. The Labute approximate surface area is 437 Å². The fourth-order valence-corrected chi connectivity index (χ4v) is 13.1. The van der Waals surface area contributed by atoms with Crippen LogP contribution >= 0.6 is 11.6 Å². The molecule has 73 heavy (non-hydrogen) atoms. The lowest BCUT2D eigenvalue weighted by Crippen LogP contribution is -2.57. The molecular weight excluding hydrogens is 940 g/mol. The van der Waals surface area contributed by atoms with Crippen LogP contribution in [0.5, 0.6) is 0 Å². The normalized spacial score (nSPS) is 24.6. The minimum absolute atomic E-state index is 0.0598. The lowest BCUT2D eigenvalue weighted by atomic mass is 9.83. The van der Waals surface area contributed by atoms with Gasteiger partial charge in [0.1, 0.15) is 18.2 Å². The third kappa shape index (κ3) is 12.7. The fourth-order valence-electron chi connectivity index (χ4n) is 13.0. The van der Waals surface area contributed by atoms with E-state index in [2.05, 4.69) is 48.3 Å². The van der Waals surface area contributed by atoms with Gasteiger partial charge in [0, 0.05) is 100 Å². The minimum atomic E-state index is -0.551. The first-order chi connectivity index (χ1) is 35.5. The Morgan fingerprint density at radius 1 is 0.753 bits per heavy atom. The van der Waals surface area contributed by atoms with Gasteiger partial charge in [-0.05, 0) is 137 Å². The number of hydrogen-bond acceptors (Lipinski definition) is 11. The number of nitrogens with zero attached hydrogens (tertiary/aromatic N) is 8. The lowest BCUT2D eigenvalue weighted by Gasteiger charge is -2.41. The Bertz CT molecular complexity index is 2370. The SMILES string of the molecule is C[C@@H]1C[C@@H](O)c2ncnc(N3CCN(C(=O)[C@@H](CCN4CCC(CN5CCN(C(=O)[C@H](NC(=O)c6cccc(C7CCCN(C(=O)CNC8CC8)C7)c6)C6CCCCC6)CC5)CC4)c4ccc(Cl)cc4)CC3)c21. The molecule has 1 unspecified atom stereocenters. The van der Waals surface area contributed by atoms with Crippen LogP contribution in [0.2, 0.25) is 5.02 Å². The number of piperidine rings is 2. The fraction of sp³-hybridized carbons (Fsp3) is 0.649. The van der Waals surface area contributed by atoms with Crippen molar-refractivity contribution in [2.45, 2.75) is 126 Å². The molecule has 1 aromatic heterocycles. The van der Waals surface area contributed by atoms with Crippen molar-refractivity contribution < 1.29 is 24.3 Å². The van der Waals surface area contributed by atoms with E-state index in [1.165, 1.54) is 6.42 Å². The maximum absolute atomic E-state index is 14.5. The van der Waals surface area contributed by atoms with Gasteiger partial charge in [-0.25, -0.2) is 9.97 Å². The third-order valence-corrected chi connectivity index (χ3v) is 17.8. The van der Waals surface area contributed by atoms with Crippen molar-refractivity contribution >= 4 is 41.0 Å². The van der Waals surface area contributed by atoms with Gasteiger partial charge in [0.05, 0.1) is 24.3 Å². The molecule has 2 saturated carbocycles. The quantitative estimate of drug-likeness (QED) is 0.151. The van der Waals surface area contributed by atoms with Crippen molar-refractivity contribution in [1.29, 1.82) is 0 Å². The van der Waals surface area contributed by atoms with Crippen molar-refractivity contribution in [3.63, 3.8) is 0 Å². The second kappa shape index (κ2) is 23.9. The molecule has 0 radical (unpaired) electrons. The number of rotatable bonds is 16. The predicted molar refractivity (Wildman–Crippen MR) is 284 cm³/mol. The topological polar surface area (TPSA) is 158 Å². The molecule has 3 aromatic rings. The summed E-state index contributed by atoms with van der Waals surface area (Å²) in [6, 6.07) is 15.6. The number of halogens is 1. The number of piperazine rings is 2. The molecule has 3 aliphatic carbocycles. The van der Waals surface area contributed by atoms with Gasteiger partial charge in [-0.3, -0.25) is 24.1 Å². The molecule has 4 amide bonds. The van der Waals surface area contributed by atoms with Gasteiger partial charge in [-0.2, -0.15) is 0 Å². The summed E-state index contributed by atoms with van der Waals surface area (Å²) in [4.78, 5) is 78.3. The number of likely N-dealkylation sites (tertiary alicyclic amines) is 2. The van der Waals surface area contributed by atoms with Crippen LogP contribution in [0.1, 0.15) is 147 Å². The van der Waals surface area contributed by atoms with Crippen LogP contribution in [0, 0.1) is 11.8 Å². The molecule has 0 bridgehead atoms. The minimum Gasteiger partial charge on any atom is -0.387 e. The average Bonchev–Trinajstić information content (AvgIpc) is 4.22. The Kier molecular flexibility index (Phi) is 17.0. The number of fused-ring (bicyclic) bond motifs is 1. The van der Waals surface area contributed by atoms with Crippen molar-refractivity contribution in [2.24, 2.45) is 11.8 Å². The number of aliphatic hydroxyl groups excluding tert-OH is 1. The second-order valence-electron chi connectivity index (χ2n) is 22.6. The maximum atomic E-state index is 14.5. The van der Waals surface area contributed by atoms with E-state index in [4.69, 9.17) is 11.6 Å². The number of carbonyl (C=O) groups is 4. The zero-order valence-electron chi connectivity index (χ0n) is 43.1. The first kappa shape index (κ1) is 51.8. The molecule has 2 aromatic carbocycles. The predicted octanol–water partition coefficient (Wildman–Crippen LogP) is 6.19. The Balaban J connectivity index is 0.686. The van der Waals surface area contributed by atoms with Crippen LogP contribution in [0.25, 0.3) is 0 Å². The lowest BCUT2D eigenvalue weighted by molar-refractivity contribution is -0.137. The largest absolute Gasteiger partial charge is 0.387 e. The van der Waals surface area contributed by atoms with Crippen LogP contribution in [0.4, 0.5) is 5.82 Å². The van der Waals surface area contributed by atoms with Gasteiger partial charge in [-0.15, -0.1) is 0 Å². The zero-order chi connectivity index (χ0) is 50.4. The van der Waals surface area contributed by atoms with E-state index >= 15 is 0 Å². The van der Waals surface area contributed by atoms with Crippen LogP contribution in [-0.4, -0.2) is 173 Å². The third-order valence-electron chi connectivity index (χ3n) is 17.6. The molecule has 4 saturated heterocycles. The standard InChI is InChI=1S/C57H79ClN10O5/c1-39-33-49(69)53-51(39)54(61-38-60-53)65-29-31-66(32-30-65)56(72)48(41-12-14-46(58)15-13-41)20-24-63-22-18-40(19-23-63)36-64-25-27-67(28-26-64)57(73)52(42-7-3-2-4-8-42)62-55(71)44-10-5-9-43(34-44)45-11-6-21-68(37-45)50(70)35-59-47-16-17-47/h5,9-10,12-15,34,38-40,42,45,47-49,52,59,69H,2-4,6-8,11,16-33,35-37H2,1H3,(H,62,71)/t39-,45?,48+,49-,52-/m1/s1. The van der Waals surface area contributed by atoms with E-state index in [9.17, 15) is 24.3 Å². The number of aliphatic hydroxyl groups is 1. The summed E-state index contributed by atoms with van der Waals surface area (Å²) in [5.74, 6) is 1.92. The summed E-state index contributed by atoms with van der Waals surface area (Å²) >= 11 is 6.32. The van der Waals surface area contributed by atoms with E-state index in [1.54, 1.807) is 6.33 Å². The summed E-state index contributed by atoms with van der Waals surface area (Å²) < 4.78 is 0. The van der Waals surface area contributed by atoms with Gasteiger partial charge in [0.25, 0.3) is 5.91 Å². The van der Waals surface area contributed by atoms with Gasteiger partial charge in [-0.1, -0.05) is 62.1 Å². The molecule has 3 N–H and O–H groups in total. The highest BCUT2D eigenvalue weighted by Gasteiger charge is 2.38. The molecular formula is C57H79ClN10O5. The first-order valence-corrected chi connectivity index (χ1v) is 28.4. The molecule has 0 spiro atoms. The van der Waals surface area contributed by atoms with Crippen LogP contribution in [0.3, 0.4) is 0 Å². The van der Waals surface area contributed by atoms with E-state index in [0.717, 1.165) is 145 Å². The molecule has 4 aliphatic heterocycles. The molecule has 5 atom stereocenters. The Morgan fingerprint density at radius 3 is 2.22 bits per heavy atom. The van der Waals surface area contributed by atoms with E-state index < -0.39 is 12.1 Å². The molecule has 10 rings (SSSR count). The highest BCUT2D eigenvalue weighted by Crippen LogP contribution is 2.43. The van der Waals surface area contributed by atoms with Gasteiger partial charge >= 0.3 is 0 Å². The number of amides is 4.